The fraction of sp³-hybridized carbons (Fsp3) is 0.194. The first-order chi connectivity index (χ1) is 18.1. The van der Waals surface area contributed by atoms with Crippen LogP contribution < -0.4 is 4.74 Å². The maximum Gasteiger partial charge on any atom is 0.146 e. The monoisotopic (exact) mass is 513 g/mol. The van der Waals surface area contributed by atoms with Crippen molar-refractivity contribution in [3.63, 3.8) is 0 Å². The first-order valence-electron chi connectivity index (χ1n) is 12.1. The summed E-state index contributed by atoms with van der Waals surface area (Å²) in [5.41, 5.74) is 4.18. The van der Waals surface area contributed by atoms with E-state index in [9.17, 15) is 10.4 Å². The molecule has 4 rings (SSSR count). The highest BCUT2D eigenvalue weighted by Gasteiger charge is 2.19. The molecule has 0 unspecified atom stereocenters. The number of aromatic hydroxyl groups is 1. The second-order valence-corrected chi connectivity index (χ2v) is 8.86. The lowest BCUT2D eigenvalue weighted by Crippen LogP contribution is -2.07. The largest absolute Gasteiger partial charge is 0.508 e. The Kier molecular flexibility index (Phi) is 9.56. The Bertz CT molecular complexity index is 1320. The van der Waals surface area contributed by atoms with E-state index < -0.39 is 0 Å². The van der Waals surface area contributed by atoms with Crippen molar-refractivity contribution in [2.24, 2.45) is 0 Å². The average molecular weight is 514 g/mol. The Morgan fingerprint density at radius 1 is 0.757 bits per heavy atom. The van der Waals surface area contributed by atoms with Crippen LogP contribution in [0.5, 0.6) is 17.2 Å². The van der Waals surface area contributed by atoms with E-state index in [-0.39, 0.29) is 5.75 Å². The van der Waals surface area contributed by atoms with Crippen LogP contribution in [0, 0.1) is 11.3 Å². The molecule has 0 aliphatic carbocycles. The predicted molar refractivity (Wildman–Crippen MR) is 144 cm³/mol. The Balaban J connectivity index is 1.51. The summed E-state index contributed by atoms with van der Waals surface area (Å²) in [6.45, 7) is 1.81. The van der Waals surface area contributed by atoms with Gasteiger partial charge in [-0.2, -0.15) is 5.26 Å². The fourth-order valence-electron chi connectivity index (χ4n) is 3.92. The van der Waals surface area contributed by atoms with Crippen LogP contribution in [0.2, 0.25) is 5.02 Å². The lowest BCUT2D eigenvalue weighted by Gasteiger charge is -2.17. The average Bonchev–Trinajstić information content (AvgIpc) is 2.93. The Morgan fingerprint density at radius 2 is 1.32 bits per heavy atom. The second kappa shape index (κ2) is 13.5. The number of nitrogens with zero attached hydrogens (tertiary/aromatic N) is 1. The molecule has 0 bridgehead atoms. The standard InChI is InChI=1S/C31H28ClNO4/c32-31-28(16-18-36-22-24-9-5-2-6-10-24)29(20-33)25(15-17-35-21-23-7-3-1-4-8-23)19-30(31)37-27-13-11-26(34)12-14-27/h1-14,19,34H,15-18,21-22H2. The van der Waals surface area contributed by atoms with Crippen LogP contribution in [-0.4, -0.2) is 18.3 Å². The van der Waals surface area contributed by atoms with Gasteiger partial charge in [0.25, 0.3) is 0 Å². The zero-order chi connectivity index (χ0) is 25.9. The number of rotatable bonds is 12. The van der Waals surface area contributed by atoms with Gasteiger partial charge >= 0.3 is 0 Å². The van der Waals surface area contributed by atoms with Gasteiger partial charge < -0.3 is 19.3 Å². The number of phenols is 1. The molecule has 0 radical (unpaired) electrons. The van der Waals surface area contributed by atoms with Crippen LogP contribution >= 0.6 is 11.6 Å². The Labute approximate surface area is 222 Å². The van der Waals surface area contributed by atoms with Crippen LogP contribution in [-0.2, 0) is 35.5 Å². The Morgan fingerprint density at radius 3 is 1.89 bits per heavy atom. The topological polar surface area (TPSA) is 71.7 Å². The summed E-state index contributed by atoms with van der Waals surface area (Å²) in [4.78, 5) is 0. The predicted octanol–water partition coefficient (Wildman–Crippen LogP) is 7.23. The first kappa shape index (κ1) is 26.2. The van der Waals surface area contributed by atoms with Crippen molar-refractivity contribution in [3.05, 3.63) is 124 Å². The highest BCUT2D eigenvalue weighted by atomic mass is 35.5. The van der Waals surface area contributed by atoms with Crippen LogP contribution in [0.15, 0.2) is 91.0 Å². The van der Waals surface area contributed by atoms with E-state index in [1.165, 1.54) is 0 Å². The lowest BCUT2D eigenvalue weighted by atomic mass is 9.97. The molecule has 0 saturated heterocycles. The molecule has 0 heterocycles. The molecule has 37 heavy (non-hydrogen) atoms. The summed E-state index contributed by atoms with van der Waals surface area (Å²) >= 11 is 6.77. The molecule has 0 aliphatic heterocycles. The third-order valence-corrected chi connectivity index (χ3v) is 6.24. The summed E-state index contributed by atoms with van der Waals surface area (Å²) in [6, 6.07) is 30.4. The van der Waals surface area contributed by atoms with Crippen molar-refractivity contribution >= 4 is 11.6 Å². The fourth-order valence-corrected chi connectivity index (χ4v) is 4.20. The molecule has 0 fully saturated rings. The van der Waals surface area contributed by atoms with Gasteiger partial charge in [0.05, 0.1) is 43.1 Å². The number of nitriles is 1. The van der Waals surface area contributed by atoms with Crippen LogP contribution in [0.25, 0.3) is 0 Å². The van der Waals surface area contributed by atoms with Crippen molar-refractivity contribution < 1.29 is 19.3 Å². The molecular weight excluding hydrogens is 486 g/mol. The summed E-state index contributed by atoms with van der Waals surface area (Å²) in [6.07, 6.45) is 0.982. The lowest BCUT2D eigenvalue weighted by molar-refractivity contribution is 0.123. The molecule has 0 saturated carbocycles. The minimum Gasteiger partial charge on any atom is -0.508 e. The zero-order valence-electron chi connectivity index (χ0n) is 20.4. The van der Waals surface area contributed by atoms with Crippen LogP contribution in [0.1, 0.15) is 27.8 Å². The number of halogens is 1. The van der Waals surface area contributed by atoms with E-state index in [1.807, 2.05) is 60.7 Å². The van der Waals surface area contributed by atoms with Crippen LogP contribution in [0.4, 0.5) is 0 Å². The van der Waals surface area contributed by atoms with Gasteiger partial charge in [-0.25, -0.2) is 0 Å². The van der Waals surface area contributed by atoms with Gasteiger partial charge in [0, 0.05) is 0 Å². The molecule has 5 nitrogen and oxygen atoms in total. The molecule has 0 spiro atoms. The highest BCUT2D eigenvalue weighted by Crippen LogP contribution is 2.37. The third-order valence-electron chi connectivity index (χ3n) is 5.82. The van der Waals surface area contributed by atoms with Crippen molar-refractivity contribution in [3.8, 4) is 23.3 Å². The van der Waals surface area contributed by atoms with Gasteiger partial charge in [-0.1, -0.05) is 72.3 Å². The number of ether oxygens (including phenoxy) is 3. The summed E-state index contributed by atoms with van der Waals surface area (Å²) < 4.78 is 17.8. The molecule has 6 heteroatoms. The smallest absolute Gasteiger partial charge is 0.146 e. The van der Waals surface area contributed by atoms with Gasteiger partial charge in [-0.3, -0.25) is 0 Å². The summed E-state index contributed by atoms with van der Waals surface area (Å²) in [5, 5.41) is 20.0. The molecule has 188 valence electrons. The minimum absolute atomic E-state index is 0.144. The number of phenolic OH excluding ortho intramolecular Hbond substituents is 1. The van der Waals surface area contributed by atoms with Gasteiger partial charge in [0.1, 0.15) is 17.2 Å². The SMILES string of the molecule is N#Cc1c(CCOCc2ccccc2)cc(Oc2ccc(O)cc2)c(Cl)c1CCOCc1ccccc1. The minimum atomic E-state index is 0.144. The van der Waals surface area contributed by atoms with Crippen molar-refractivity contribution in [1.29, 1.82) is 5.26 Å². The van der Waals surface area contributed by atoms with E-state index in [2.05, 4.69) is 6.07 Å². The zero-order valence-corrected chi connectivity index (χ0v) is 21.2. The van der Waals surface area contributed by atoms with E-state index in [4.69, 9.17) is 25.8 Å². The number of hydrogen-bond donors (Lipinski definition) is 1. The van der Waals surface area contributed by atoms with E-state index in [1.54, 1.807) is 30.3 Å². The molecule has 0 aromatic heterocycles. The van der Waals surface area contributed by atoms with Crippen molar-refractivity contribution in [1.82, 2.24) is 0 Å². The van der Waals surface area contributed by atoms with E-state index in [0.717, 1.165) is 16.7 Å². The Hall–Kier alpha value is -3.82. The van der Waals surface area contributed by atoms with Gasteiger partial charge in [-0.15, -0.1) is 0 Å². The molecule has 4 aromatic rings. The molecule has 0 atom stereocenters. The molecule has 1 N–H and O–H groups in total. The maximum absolute atomic E-state index is 10.0. The van der Waals surface area contributed by atoms with Gasteiger partial charge in [0.2, 0.25) is 0 Å². The molecule has 4 aromatic carbocycles. The summed E-state index contributed by atoms with van der Waals surface area (Å²) in [7, 11) is 0. The highest BCUT2D eigenvalue weighted by molar-refractivity contribution is 6.33. The van der Waals surface area contributed by atoms with E-state index >= 15 is 0 Å². The molecular formula is C31H28ClNO4. The quantitative estimate of drug-likeness (QED) is 0.202. The van der Waals surface area contributed by atoms with Gasteiger partial charge in [-0.05, 0) is 65.4 Å². The summed E-state index contributed by atoms with van der Waals surface area (Å²) in [5.74, 6) is 1.12. The van der Waals surface area contributed by atoms with Crippen molar-refractivity contribution in [2.45, 2.75) is 26.1 Å². The second-order valence-electron chi connectivity index (χ2n) is 8.49. The van der Waals surface area contributed by atoms with E-state index in [0.29, 0.717) is 66.9 Å². The third kappa shape index (κ3) is 7.58. The number of benzene rings is 4. The number of hydrogen-bond acceptors (Lipinski definition) is 5. The van der Waals surface area contributed by atoms with Gasteiger partial charge in [0.15, 0.2) is 0 Å². The van der Waals surface area contributed by atoms with Crippen molar-refractivity contribution in [2.75, 3.05) is 13.2 Å². The first-order valence-corrected chi connectivity index (χ1v) is 12.5. The normalized spacial score (nSPS) is 10.7. The van der Waals surface area contributed by atoms with Crippen LogP contribution in [0.3, 0.4) is 0 Å². The molecule has 0 aliphatic rings. The maximum atomic E-state index is 10.0. The molecule has 0 amide bonds.